The van der Waals surface area contributed by atoms with Crippen molar-refractivity contribution in [3.63, 3.8) is 0 Å². The summed E-state index contributed by atoms with van der Waals surface area (Å²) >= 11 is 0. The fourth-order valence-corrected chi connectivity index (χ4v) is 2.58. The first-order valence-corrected chi connectivity index (χ1v) is 8.65. The average Bonchev–Trinajstić information content (AvgIpc) is 2.81. The van der Waals surface area contributed by atoms with E-state index < -0.39 is 17.2 Å². The molecule has 0 aromatic carbocycles. The van der Waals surface area contributed by atoms with Crippen molar-refractivity contribution in [1.29, 1.82) is 0 Å². The summed E-state index contributed by atoms with van der Waals surface area (Å²) in [4.78, 5) is 18.5. The molecule has 25 heavy (non-hydrogen) atoms. The van der Waals surface area contributed by atoms with Gasteiger partial charge < -0.3 is 25.6 Å². The standard InChI is InChI=1S/C17H35N5O2.HI/c1-16(2,3)24-15(23)21-17(4,5)12-20-14(18-6)19-10-13-8-9-22(7)11-13;/h13H,8-12H2,1-7H3,(H,21,23)(H2,18,19,20);1H. The van der Waals surface area contributed by atoms with Crippen molar-refractivity contribution in [1.82, 2.24) is 20.9 Å². The monoisotopic (exact) mass is 469 g/mol. The number of nitrogens with zero attached hydrogens (tertiary/aromatic N) is 2. The molecule has 8 heteroatoms. The van der Waals surface area contributed by atoms with Crippen LogP contribution in [0.1, 0.15) is 41.0 Å². The highest BCUT2D eigenvalue weighted by Gasteiger charge is 2.25. The van der Waals surface area contributed by atoms with Crippen molar-refractivity contribution in [2.45, 2.75) is 52.2 Å². The first-order chi connectivity index (χ1) is 11.0. The summed E-state index contributed by atoms with van der Waals surface area (Å²) in [5, 5.41) is 9.51. The molecule has 1 rings (SSSR count). The molecule has 1 amide bonds. The van der Waals surface area contributed by atoms with Crippen molar-refractivity contribution in [3.05, 3.63) is 0 Å². The van der Waals surface area contributed by atoms with E-state index in [2.05, 4.69) is 32.9 Å². The molecule has 0 saturated carbocycles. The number of ether oxygens (including phenoxy) is 1. The smallest absolute Gasteiger partial charge is 0.408 e. The zero-order valence-electron chi connectivity index (χ0n) is 16.7. The van der Waals surface area contributed by atoms with Crippen molar-refractivity contribution in [2.24, 2.45) is 10.9 Å². The molecule has 1 atom stereocenters. The lowest BCUT2D eigenvalue weighted by Gasteiger charge is -2.29. The van der Waals surface area contributed by atoms with E-state index in [1.54, 1.807) is 7.05 Å². The van der Waals surface area contributed by atoms with Gasteiger partial charge in [0.1, 0.15) is 5.60 Å². The third-order valence-electron chi connectivity index (χ3n) is 3.81. The van der Waals surface area contributed by atoms with Crippen molar-refractivity contribution < 1.29 is 9.53 Å². The van der Waals surface area contributed by atoms with Gasteiger partial charge in [0.25, 0.3) is 0 Å². The Hall–Kier alpha value is -0.770. The molecular weight excluding hydrogens is 433 g/mol. The lowest BCUT2D eigenvalue weighted by molar-refractivity contribution is 0.0474. The van der Waals surface area contributed by atoms with Crippen LogP contribution in [0.15, 0.2) is 4.99 Å². The van der Waals surface area contributed by atoms with E-state index in [1.165, 1.54) is 6.42 Å². The lowest BCUT2D eigenvalue weighted by atomic mass is 10.1. The van der Waals surface area contributed by atoms with Crippen molar-refractivity contribution >= 4 is 36.0 Å². The number of hydrogen-bond acceptors (Lipinski definition) is 4. The maximum Gasteiger partial charge on any atom is 0.408 e. The van der Waals surface area contributed by atoms with E-state index in [4.69, 9.17) is 4.74 Å². The minimum absolute atomic E-state index is 0. The third kappa shape index (κ3) is 10.7. The quantitative estimate of drug-likeness (QED) is 0.326. The molecule has 0 bridgehead atoms. The molecule has 1 aliphatic rings. The van der Waals surface area contributed by atoms with Crippen LogP contribution in [0.25, 0.3) is 0 Å². The Labute approximate surface area is 169 Å². The second-order valence-electron chi connectivity index (χ2n) is 8.23. The van der Waals surface area contributed by atoms with Crippen molar-refractivity contribution in [3.8, 4) is 0 Å². The Morgan fingerprint density at radius 1 is 1.24 bits per heavy atom. The van der Waals surface area contributed by atoms with Crippen LogP contribution in [0, 0.1) is 5.92 Å². The summed E-state index contributed by atoms with van der Waals surface area (Å²) in [6, 6.07) is 0. The number of carbonyl (C=O) groups excluding carboxylic acids is 1. The van der Waals surface area contributed by atoms with Gasteiger partial charge in [-0.15, -0.1) is 24.0 Å². The second kappa shape index (κ2) is 10.4. The first kappa shape index (κ1) is 24.2. The van der Waals surface area contributed by atoms with Crippen LogP contribution in [0.4, 0.5) is 4.79 Å². The predicted molar refractivity (Wildman–Crippen MR) is 114 cm³/mol. The van der Waals surface area contributed by atoms with Crippen LogP contribution < -0.4 is 16.0 Å². The molecule has 1 fully saturated rings. The van der Waals surface area contributed by atoms with Crippen LogP contribution in [0.2, 0.25) is 0 Å². The highest BCUT2D eigenvalue weighted by molar-refractivity contribution is 14.0. The largest absolute Gasteiger partial charge is 0.444 e. The number of hydrogen-bond donors (Lipinski definition) is 3. The first-order valence-electron chi connectivity index (χ1n) is 8.65. The lowest BCUT2D eigenvalue weighted by Crippen LogP contribution is -2.54. The normalized spacial score (nSPS) is 19.2. The molecule has 7 nitrogen and oxygen atoms in total. The fourth-order valence-electron chi connectivity index (χ4n) is 2.58. The van der Waals surface area contributed by atoms with Crippen LogP contribution in [-0.4, -0.2) is 68.4 Å². The van der Waals surface area contributed by atoms with E-state index in [1.807, 2.05) is 34.6 Å². The molecule has 148 valence electrons. The topological polar surface area (TPSA) is 78.0 Å². The van der Waals surface area contributed by atoms with Gasteiger partial charge in [-0.25, -0.2) is 4.79 Å². The van der Waals surface area contributed by atoms with Crippen LogP contribution >= 0.6 is 24.0 Å². The number of carbonyl (C=O) groups is 1. The fraction of sp³-hybridized carbons (Fsp3) is 0.882. The molecule has 1 aliphatic heterocycles. The number of rotatable bonds is 5. The Morgan fingerprint density at radius 2 is 1.88 bits per heavy atom. The summed E-state index contributed by atoms with van der Waals surface area (Å²) in [5.41, 5.74) is -0.951. The molecule has 0 radical (unpaired) electrons. The second-order valence-corrected chi connectivity index (χ2v) is 8.23. The van der Waals surface area contributed by atoms with Gasteiger partial charge >= 0.3 is 6.09 Å². The average molecular weight is 469 g/mol. The van der Waals surface area contributed by atoms with Gasteiger partial charge in [-0.05, 0) is 60.5 Å². The van der Waals surface area contributed by atoms with Gasteiger partial charge in [0.15, 0.2) is 5.96 Å². The minimum atomic E-state index is -0.500. The summed E-state index contributed by atoms with van der Waals surface area (Å²) < 4.78 is 5.30. The number of alkyl carbamates (subject to hydrolysis) is 1. The number of guanidine groups is 1. The Balaban J connectivity index is 0.00000576. The van der Waals surface area contributed by atoms with Gasteiger partial charge in [-0.3, -0.25) is 4.99 Å². The Morgan fingerprint density at radius 3 is 2.36 bits per heavy atom. The van der Waals surface area contributed by atoms with Crippen LogP contribution in [0.5, 0.6) is 0 Å². The summed E-state index contributed by atoms with van der Waals surface area (Å²) in [6.45, 7) is 13.2. The van der Waals surface area contributed by atoms with E-state index in [0.29, 0.717) is 12.5 Å². The predicted octanol–water partition coefficient (Wildman–Crippen LogP) is 2.02. The highest BCUT2D eigenvalue weighted by Crippen LogP contribution is 2.12. The zero-order chi connectivity index (χ0) is 18.4. The molecule has 0 aromatic heterocycles. The molecule has 1 unspecified atom stereocenters. The molecule has 0 aliphatic carbocycles. The molecule has 0 aromatic rings. The number of aliphatic imine (C=N–C) groups is 1. The van der Waals surface area contributed by atoms with Gasteiger partial charge in [-0.1, -0.05) is 0 Å². The third-order valence-corrected chi connectivity index (χ3v) is 3.81. The number of amides is 1. The number of likely N-dealkylation sites (tertiary alicyclic amines) is 1. The van der Waals surface area contributed by atoms with Gasteiger partial charge in [-0.2, -0.15) is 0 Å². The molecular formula is C17H36IN5O2. The molecule has 1 saturated heterocycles. The maximum absolute atomic E-state index is 11.9. The molecule has 1 heterocycles. The van der Waals surface area contributed by atoms with Crippen LogP contribution in [0.3, 0.4) is 0 Å². The summed E-state index contributed by atoms with van der Waals surface area (Å²) in [7, 11) is 3.91. The Bertz CT molecular complexity index is 449. The maximum atomic E-state index is 11.9. The van der Waals surface area contributed by atoms with E-state index in [0.717, 1.165) is 25.6 Å². The van der Waals surface area contributed by atoms with E-state index in [-0.39, 0.29) is 24.0 Å². The van der Waals surface area contributed by atoms with Gasteiger partial charge in [0.2, 0.25) is 0 Å². The van der Waals surface area contributed by atoms with Crippen LogP contribution in [-0.2, 0) is 4.74 Å². The van der Waals surface area contributed by atoms with Gasteiger partial charge in [0, 0.05) is 26.7 Å². The molecule has 3 N–H and O–H groups in total. The SMILES string of the molecule is CN=C(NCC1CCN(C)C1)NCC(C)(C)NC(=O)OC(C)(C)C.I. The van der Waals surface area contributed by atoms with E-state index >= 15 is 0 Å². The van der Waals surface area contributed by atoms with Crippen molar-refractivity contribution in [2.75, 3.05) is 40.3 Å². The summed E-state index contributed by atoms with van der Waals surface area (Å²) in [5.74, 6) is 1.41. The van der Waals surface area contributed by atoms with Gasteiger partial charge in [0.05, 0.1) is 5.54 Å². The summed E-state index contributed by atoms with van der Waals surface area (Å²) in [6.07, 6.45) is 0.804. The Kier molecular flexibility index (Phi) is 10.1. The minimum Gasteiger partial charge on any atom is -0.444 e. The number of nitrogens with one attached hydrogen (secondary N) is 3. The number of halogens is 1. The van der Waals surface area contributed by atoms with E-state index in [9.17, 15) is 4.79 Å². The molecule has 0 spiro atoms. The zero-order valence-corrected chi connectivity index (χ0v) is 19.1. The highest BCUT2D eigenvalue weighted by atomic mass is 127.